The second kappa shape index (κ2) is 5.61. The number of hydrogen-bond acceptors (Lipinski definition) is 2. The van der Waals surface area contributed by atoms with Crippen molar-refractivity contribution < 1.29 is 9.59 Å². The number of nitrogens with zero attached hydrogens (tertiary/aromatic N) is 1. The van der Waals surface area contributed by atoms with Crippen molar-refractivity contribution >= 4 is 11.7 Å². The number of allylic oxidation sites excluding steroid dienone is 2. The smallest absolute Gasteiger partial charge is 0.227 e. The third-order valence-corrected chi connectivity index (χ3v) is 4.19. The van der Waals surface area contributed by atoms with Gasteiger partial charge < -0.3 is 4.90 Å². The second-order valence-corrected chi connectivity index (χ2v) is 5.48. The topological polar surface area (TPSA) is 37.4 Å². The predicted molar refractivity (Wildman–Crippen MR) is 77.0 cm³/mol. The van der Waals surface area contributed by atoms with Gasteiger partial charge in [0.1, 0.15) is 0 Å². The van der Waals surface area contributed by atoms with E-state index < -0.39 is 0 Å². The van der Waals surface area contributed by atoms with E-state index in [1.807, 2.05) is 23.1 Å². The van der Waals surface area contributed by atoms with Crippen LogP contribution < -0.4 is 0 Å². The van der Waals surface area contributed by atoms with Gasteiger partial charge in [-0.2, -0.15) is 0 Å². The summed E-state index contributed by atoms with van der Waals surface area (Å²) >= 11 is 0. The molecule has 0 saturated heterocycles. The van der Waals surface area contributed by atoms with Crippen molar-refractivity contribution in [2.45, 2.75) is 38.5 Å². The zero-order valence-corrected chi connectivity index (χ0v) is 11.6. The van der Waals surface area contributed by atoms with E-state index in [4.69, 9.17) is 0 Å². The molecule has 0 unspecified atom stereocenters. The summed E-state index contributed by atoms with van der Waals surface area (Å²) in [4.78, 5) is 26.0. The molecule has 20 heavy (non-hydrogen) atoms. The fourth-order valence-electron chi connectivity index (χ4n) is 3.12. The van der Waals surface area contributed by atoms with Crippen molar-refractivity contribution in [1.29, 1.82) is 0 Å². The molecule has 0 spiro atoms. The van der Waals surface area contributed by atoms with Gasteiger partial charge in [0, 0.05) is 30.7 Å². The lowest BCUT2D eigenvalue weighted by molar-refractivity contribution is -0.130. The van der Waals surface area contributed by atoms with Gasteiger partial charge in [0.25, 0.3) is 0 Å². The number of amides is 1. The largest absolute Gasteiger partial charge is 0.315 e. The van der Waals surface area contributed by atoms with E-state index in [1.54, 1.807) is 0 Å². The first kappa shape index (κ1) is 13.1. The molecule has 1 heterocycles. The maximum atomic E-state index is 12.2. The third-order valence-electron chi connectivity index (χ3n) is 4.19. The van der Waals surface area contributed by atoms with Crippen LogP contribution >= 0.6 is 0 Å². The molecule has 1 aromatic rings. The normalized spacial score (nSPS) is 19.3. The number of benzene rings is 1. The van der Waals surface area contributed by atoms with Gasteiger partial charge in [-0.25, -0.2) is 0 Å². The van der Waals surface area contributed by atoms with Crippen LogP contribution in [0.1, 0.15) is 37.7 Å². The molecule has 0 aromatic heterocycles. The van der Waals surface area contributed by atoms with Gasteiger partial charge >= 0.3 is 0 Å². The number of carbonyl (C=O) groups excluding carboxylic acids is 2. The maximum Gasteiger partial charge on any atom is 0.227 e. The van der Waals surface area contributed by atoms with E-state index in [2.05, 4.69) is 12.1 Å². The Balaban J connectivity index is 1.78. The summed E-state index contributed by atoms with van der Waals surface area (Å²) in [6, 6.07) is 10.2. The average Bonchev–Trinajstić information content (AvgIpc) is 2.47. The Morgan fingerprint density at radius 2 is 1.75 bits per heavy atom. The fourth-order valence-corrected chi connectivity index (χ4v) is 3.12. The molecule has 1 aliphatic heterocycles. The van der Waals surface area contributed by atoms with Crippen molar-refractivity contribution in [3.8, 4) is 0 Å². The van der Waals surface area contributed by atoms with Crippen molar-refractivity contribution in [1.82, 2.24) is 4.90 Å². The van der Waals surface area contributed by atoms with E-state index >= 15 is 0 Å². The highest BCUT2D eigenvalue weighted by atomic mass is 16.2. The lowest BCUT2D eigenvalue weighted by Crippen LogP contribution is -2.38. The molecule has 1 aliphatic carbocycles. The van der Waals surface area contributed by atoms with Crippen molar-refractivity contribution in [2.75, 3.05) is 6.54 Å². The summed E-state index contributed by atoms with van der Waals surface area (Å²) in [6.45, 7) is 0.689. The lowest BCUT2D eigenvalue weighted by Gasteiger charge is -2.34. The van der Waals surface area contributed by atoms with Crippen LogP contribution in [0.5, 0.6) is 0 Å². The Hall–Kier alpha value is -1.90. The highest BCUT2D eigenvalue weighted by Gasteiger charge is 2.31. The van der Waals surface area contributed by atoms with Gasteiger partial charge in [0.05, 0.1) is 0 Å². The number of rotatable bonds is 3. The molecule has 0 fully saturated rings. The first-order valence-electron chi connectivity index (χ1n) is 7.35. The van der Waals surface area contributed by atoms with Gasteiger partial charge in [0.15, 0.2) is 5.78 Å². The molecule has 0 atom stereocenters. The summed E-state index contributed by atoms with van der Waals surface area (Å²) in [5.74, 6) is 0.429. The van der Waals surface area contributed by atoms with Gasteiger partial charge in [-0.1, -0.05) is 30.3 Å². The molecular formula is C17H19NO2. The number of carbonyl (C=O) groups is 2. The Morgan fingerprint density at radius 3 is 2.55 bits per heavy atom. The van der Waals surface area contributed by atoms with Gasteiger partial charge in [0.2, 0.25) is 5.91 Å². The van der Waals surface area contributed by atoms with E-state index in [1.165, 1.54) is 5.56 Å². The minimum absolute atomic E-state index is 0.175. The number of ketones is 1. The Bertz CT molecular complexity index is 560. The monoisotopic (exact) mass is 269 g/mol. The minimum atomic E-state index is 0.175. The molecule has 2 aliphatic rings. The van der Waals surface area contributed by atoms with Crippen LogP contribution in [-0.2, 0) is 16.0 Å². The fraction of sp³-hybridized carbons (Fsp3) is 0.412. The molecule has 0 N–H and O–H groups in total. The molecule has 0 saturated carbocycles. The summed E-state index contributed by atoms with van der Waals surface area (Å²) in [6.07, 6.45) is 4.39. The molecule has 0 radical (unpaired) electrons. The summed E-state index contributed by atoms with van der Waals surface area (Å²) in [7, 11) is 0. The molecule has 1 amide bonds. The van der Waals surface area contributed by atoms with Crippen molar-refractivity contribution in [3.05, 3.63) is 47.2 Å². The Kier molecular flexibility index (Phi) is 3.68. The molecular weight excluding hydrogens is 250 g/mol. The summed E-state index contributed by atoms with van der Waals surface area (Å²) in [5, 5.41) is 0. The first-order chi connectivity index (χ1) is 9.75. The van der Waals surface area contributed by atoms with Crippen LogP contribution in [0, 0.1) is 0 Å². The summed E-state index contributed by atoms with van der Waals surface area (Å²) < 4.78 is 0. The quantitative estimate of drug-likeness (QED) is 0.846. The highest BCUT2D eigenvalue weighted by molar-refractivity contribution is 5.99. The van der Waals surface area contributed by atoms with E-state index in [0.717, 1.165) is 30.5 Å². The van der Waals surface area contributed by atoms with E-state index in [9.17, 15) is 9.59 Å². The average molecular weight is 269 g/mol. The molecule has 3 rings (SSSR count). The van der Waals surface area contributed by atoms with E-state index in [-0.39, 0.29) is 11.7 Å². The van der Waals surface area contributed by atoms with Crippen LogP contribution in [0.4, 0.5) is 0 Å². The van der Waals surface area contributed by atoms with Gasteiger partial charge in [-0.3, -0.25) is 9.59 Å². The molecule has 3 heteroatoms. The Morgan fingerprint density at radius 1 is 0.950 bits per heavy atom. The van der Waals surface area contributed by atoms with Crippen LogP contribution in [0.25, 0.3) is 0 Å². The second-order valence-electron chi connectivity index (χ2n) is 5.48. The Labute approximate surface area is 119 Å². The summed E-state index contributed by atoms with van der Waals surface area (Å²) in [5.41, 5.74) is 3.16. The number of Topliss-reactive ketones (excluding diaryl/α,β-unsaturated/α-hetero) is 1. The van der Waals surface area contributed by atoms with Crippen molar-refractivity contribution in [2.24, 2.45) is 0 Å². The standard InChI is InChI=1S/C17H19NO2/c19-16-8-4-7-15-14(16)9-10-17(20)18(15)12-11-13-5-2-1-3-6-13/h1-3,5-6H,4,7-12H2. The number of hydrogen-bond donors (Lipinski definition) is 0. The predicted octanol–water partition coefficient (Wildman–Crippen LogP) is 2.86. The molecule has 104 valence electrons. The molecule has 1 aromatic carbocycles. The van der Waals surface area contributed by atoms with Gasteiger partial charge in [-0.05, 0) is 31.2 Å². The zero-order chi connectivity index (χ0) is 13.9. The van der Waals surface area contributed by atoms with Crippen LogP contribution in [0.2, 0.25) is 0 Å². The third kappa shape index (κ3) is 2.53. The van der Waals surface area contributed by atoms with E-state index in [0.29, 0.717) is 25.8 Å². The molecule has 0 bridgehead atoms. The van der Waals surface area contributed by atoms with Gasteiger partial charge in [-0.15, -0.1) is 0 Å². The first-order valence-corrected chi connectivity index (χ1v) is 7.35. The lowest BCUT2D eigenvalue weighted by atomic mass is 9.88. The maximum absolute atomic E-state index is 12.2. The SMILES string of the molecule is O=C1CCCC2=C1CCC(=O)N2CCc1ccccc1. The van der Waals surface area contributed by atoms with Crippen LogP contribution in [0.3, 0.4) is 0 Å². The van der Waals surface area contributed by atoms with Crippen LogP contribution in [-0.4, -0.2) is 23.1 Å². The minimum Gasteiger partial charge on any atom is -0.315 e. The molecule has 3 nitrogen and oxygen atoms in total. The zero-order valence-electron chi connectivity index (χ0n) is 11.6. The van der Waals surface area contributed by atoms with Crippen LogP contribution in [0.15, 0.2) is 41.6 Å². The van der Waals surface area contributed by atoms with Crippen molar-refractivity contribution in [3.63, 3.8) is 0 Å². The highest BCUT2D eigenvalue weighted by Crippen LogP contribution is 2.32.